The van der Waals surface area contributed by atoms with Crippen molar-refractivity contribution in [2.24, 2.45) is 5.92 Å². The molecular weight excluding hydrogens is 228 g/mol. The number of carbonyl (C=O) groups excluding carboxylic acids is 1. The lowest BCUT2D eigenvalue weighted by molar-refractivity contribution is -0.147. The summed E-state index contributed by atoms with van der Waals surface area (Å²) in [5.41, 5.74) is 1.18. The summed E-state index contributed by atoms with van der Waals surface area (Å²) in [6.07, 6.45) is 4.26. The molecule has 1 aromatic carbocycles. The average Bonchev–Trinajstić information content (AvgIpc) is 2.46. The van der Waals surface area contributed by atoms with E-state index in [1.54, 1.807) is 7.11 Å². The van der Waals surface area contributed by atoms with Crippen LogP contribution >= 0.6 is 0 Å². The van der Waals surface area contributed by atoms with Crippen molar-refractivity contribution in [1.29, 1.82) is 0 Å². The van der Waals surface area contributed by atoms with Gasteiger partial charge in [-0.05, 0) is 36.5 Å². The number of ether oxygens (including phenoxy) is 2. The molecule has 3 nitrogen and oxygen atoms in total. The van der Waals surface area contributed by atoms with Crippen molar-refractivity contribution >= 4 is 5.97 Å². The maximum Gasteiger partial charge on any atom is 0.309 e. The molecule has 0 radical (unpaired) electrons. The second-order valence-corrected chi connectivity index (χ2v) is 4.80. The monoisotopic (exact) mass is 248 g/mol. The zero-order chi connectivity index (χ0) is 13.0. The van der Waals surface area contributed by atoms with Gasteiger partial charge in [-0.2, -0.15) is 0 Å². The van der Waals surface area contributed by atoms with Crippen LogP contribution in [-0.4, -0.2) is 20.2 Å². The second kappa shape index (κ2) is 5.89. The Morgan fingerprint density at radius 1 is 1.22 bits per heavy atom. The number of carbonyl (C=O) groups is 1. The molecule has 2 rings (SSSR count). The molecule has 98 valence electrons. The van der Waals surface area contributed by atoms with Crippen LogP contribution in [0.25, 0.3) is 0 Å². The Labute approximate surface area is 108 Å². The van der Waals surface area contributed by atoms with Gasteiger partial charge in [0.05, 0.1) is 20.1 Å². The molecule has 1 saturated carbocycles. The maximum atomic E-state index is 11.9. The van der Waals surface area contributed by atoms with Gasteiger partial charge in [-0.15, -0.1) is 0 Å². The van der Waals surface area contributed by atoms with Gasteiger partial charge in [0.2, 0.25) is 0 Å². The van der Waals surface area contributed by atoms with Crippen LogP contribution in [0.5, 0.6) is 5.75 Å². The molecule has 0 amide bonds. The number of esters is 1. The number of rotatable bonds is 3. The third-order valence-electron chi connectivity index (χ3n) is 3.79. The molecule has 1 fully saturated rings. The third-order valence-corrected chi connectivity index (χ3v) is 3.79. The van der Waals surface area contributed by atoms with E-state index in [0.717, 1.165) is 25.0 Å². The minimum atomic E-state index is -0.0810. The first kappa shape index (κ1) is 12.9. The van der Waals surface area contributed by atoms with Gasteiger partial charge >= 0.3 is 5.97 Å². The standard InChI is InChI=1S/C15H20O3/c1-17-12-7-5-6-11(10-12)13-8-3-4-9-14(13)15(16)18-2/h5-7,10,13-14H,3-4,8-9H2,1-2H3. The topological polar surface area (TPSA) is 35.5 Å². The van der Waals surface area contributed by atoms with Crippen molar-refractivity contribution in [2.45, 2.75) is 31.6 Å². The van der Waals surface area contributed by atoms with Crippen LogP contribution in [0.2, 0.25) is 0 Å². The first-order valence-corrected chi connectivity index (χ1v) is 6.48. The van der Waals surface area contributed by atoms with Gasteiger partial charge in [0.1, 0.15) is 5.75 Å². The van der Waals surface area contributed by atoms with Crippen LogP contribution in [0.1, 0.15) is 37.2 Å². The molecule has 0 spiro atoms. The van der Waals surface area contributed by atoms with Crippen LogP contribution < -0.4 is 4.74 Å². The first-order chi connectivity index (χ1) is 8.76. The van der Waals surface area contributed by atoms with Gasteiger partial charge in [-0.25, -0.2) is 0 Å². The molecule has 1 aliphatic carbocycles. The van der Waals surface area contributed by atoms with Crippen LogP contribution in [0, 0.1) is 5.92 Å². The van der Waals surface area contributed by atoms with Crippen molar-refractivity contribution in [3.8, 4) is 5.75 Å². The summed E-state index contributed by atoms with van der Waals surface area (Å²) >= 11 is 0. The van der Waals surface area contributed by atoms with E-state index in [0.29, 0.717) is 0 Å². The second-order valence-electron chi connectivity index (χ2n) is 4.80. The highest BCUT2D eigenvalue weighted by atomic mass is 16.5. The van der Waals surface area contributed by atoms with Gasteiger partial charge in [0, 0.05) is 0 Å². The Kier molecular flexibility index (Phi) is 4.24. The summed E-state index contributed by atoms with van der Waals surface area (Å²) < 4.78 is 10.2. The zero-order valence-corrected chi connectivity index (χ0v) is 11.0. The van der Waals surface area contributed by atoms with Gasteiger partial charge in [-0.3, -0.25) is 4.79 Å². The summed E-state index contributed by atoms with van der Waals surface area (Å²) in [5, 5.41) is 0. The Hall–Kier alpha value is -1.51. The Morgan fingerprint density at radius 3 is 2.72 bits per heavy atom. The van der Waals surface area contributed by atoms with Gasteiger partial charge < -0.3 is 9.47 Å². The van der Waals surface area contributed by atoms with E-state index >= 15 is 0 Å². The van der Waals surface area contributed by atoms with E-state index in [1.165, 1.54) is 19.1 Å². The molecule has 0 aliphatic heterocycles. The lowest BCUT2D eigenvalue weighted by Crippen LogP contribution is -2.26. The summed E-state index contributed by atoms with van der Waals surface area (Å²) in [6, 6.07) is 8.02. The Bertz CT molecular complexity index is 414. The van der Waals surface area contributed by atoms with Gasteiger partial charge in [0.15, 0.2) is 0 Å². The largest absolute Gasteiger partial charge is 0.497 e. The van der Waals surface area contributed by atoms with Gasteiger partial charge in [0.25, 0.3) is 0 Å². The molecule has 0 heterocycles. The Balaban J connectivity index is 2.24. The highest BCUT2D eigenvalue weighted by Crippen LogP contribution is 2.39. The lowest BCUT2D eigenvalue weighted by atomic mass is 9.75. The summed E-state index contributed by atoms with van der Waals surface area (Å²) in [7, 11) is 3.14. The maximum absolute atomic E-state index is 11.9. The van der Waals surface area contributed by atoms with Crippen LogP contribution in [0.4, 0.5) is 0 Å². The number of methoxy groups -OCH3 is 2. The van der Waals surface area contributed by atoms with Crippen molar-refractivity contribution in [1.82, 2.24) is 0 Å². The molecule has 0 aromatic heterocycles. The number of hydrogen-bond acceptors (Lipinski definition) is 3. The number of hydrogen-bond donors (Lipinski definition) is 0. The first-order valence-electron chi connectivity index (χ1n) is 6.48. The van der Waals surface area contributed by atoms with Crippen molar-refractivity contribution in [2.75, 3.05) is 14.2 Å². The zero-order valence-electron chi connectivity index (χ0n) is 11.0. The fraction of sp³-hybridized carbons (Fsp3) is 0.533. The van der Waals surface area contributed by atoms with Crippen molar-refractivity contribution < 1.29 is 14.3 Å². The SMILES string of the molecule is COC(=O)C1CCCCC1c1cccc(OC)c1. The van der Waals surface area contributed by atoms with Crippen molar-refractivity contribution in [3.63, 3.8) is 0 Å². The molecule has 0 bridgehead atoms. The fourth-order valence-electron chi connectivity index (χ4n) is 2.84. The summed E-state index contributed by atoms with van der Waals surface area (Å²) in [5.74, 6) is 1.03. The van der Waals surface area contributed by atoms with Crippen molar-refractivity contribution in [3.05, 3.63) is 29.8 Å². The Morgan fingerprint density at radius 2 is 2.00 bits per heavy atom. The van der Waals surface area contributed by atoms with E-state index in [4.69, 9.17) is 9.47 Å². The molecular formula is C15H20O3. The van der Waals surface area contributed by atoms with Crippen LogP contribution in [0.3, 0.4) is 0 Å². The van der Waals surface area contributed by atoms with Gasteiger partial charge in [-0.1, -0.05) is 25.0 Å². The molecule has 0 N–H and O–H groups in total. The molecule has 0 saturated heterocycles. The minimum absolute atomic E-state index is 0.00384. The fourth-order valence-corrected chi connectivity index (χ4v) is 2.84. The highest BCUT2D eigenvalue weighted by Gasteiger charge is 2.32. The molecule has 18 heavy (non-hydrogen) atoms. The predicted molar refractivity (Wildman–Crippen MR) is 69.7 cm³/mol. The van der Waals surface area contributed by atoms with E-state index in [9.17, 15) is 4.79 Å². The van der Waals surface area contributed by atoms with E-state index in [-0.39, 0.29) is 17.8 Å². The predicted octanol–water partition coefficient (Wildman–Crippen LogP) is 3.14. The van der Waals surface area contributed by atoms with E-state index in [1.807, 2.05) is 18.2 Å². The quantitative estimate of drug-likeness (QED) is 0.771. The normalized spacial score (nSPS) is 23.4. The lowest BCUT2D eigenvalue weighted by Gasteiger charge is -2.30. The molecule has 2 unspecified atom stereocenters. The molecule has 1 aliphatic rings. The average molecular weight is 248 g/mol. The third kappa shape index (κ3) is 2.66. The molecule has 1 aromatic rings. The summed E-state index contributed by atoms with van der Waals surface area (Å²) in [6.45, 7) is 0. The highest BCUT2D eigenvalue weighted by molar-refractivity contribution is 5.73. The van der Waals surface area contributed by atoms with E-state index < -0.39 is 0 Å². The smallest absolute Gasteiger partial charge is 0.309 e. The number of benzene rings is 1. The molecule has 3 heteroatoms. The minimum Gasteiger partial charge on any atom is -0.497 e. The van der Waals surface area contributed by atoms with E-state index in [2.05, 4.69) is 6.07 Å². The van der Waals surface area contributed by atoms with Crippen LogP contribution in [-0.2, 0) is 9.53 Å². The van der Waals surface area contributed by atoms with Crippen LogP contribution in [0.15, 0.2) is 24.3 Å². The summed E-state index contributed by atoms with van der Waals surface area (Å²) in [4.78, 5) is 11.9. The molecule has 2 atom stereocenters.